The lowest BCUT2D eigenvalue weighted by Gasteiger charge is -2.35. The van der Waals surface area contributed by atoms with Gasteiger partial charge in [-0.2, -0.15) is 0 Å². The number of carbonyl (C=O) groups is 2. The van der Waals surface area contributed by atoms with Gasteiger partial charge in [-0.15, -0.1) is 0 Å². The van der Waals surface area contributed by atoms with Crippen LogP contribution in [0.3, 0.4) is 0 Å². The van der Waals surface area contributed by atoms with Crippen LogP contribution in [0.4, 0.5) is 5.69 Å². The standard InChI is InChI=1S/C17H24N2O4/c1-3-23-15(20)13-5-4-6-14(11-13)19-16(21)17(12-22-2)7-9-18-10-8-17/h4-6,11,18H,3,7-10,12H2,1-2H3,(H,19,21). The Balaban J connectivity index is 2.12. The van der Waals surface area contributed by atoms with E-state index in [1.54, 1.807) is 38.3 Å². The molecule has 1 fully saturated rings. The number of hydrogen-bond donors (Lipinski definition) is 2. The largest absolute Gasteiger partial charge is 0.462 e. The van der Waals surface area contributed by atoms with Crippen molar-refractivity contribution in [2.75, 3.05) is 38.7 Å². The highest BCUT2D eigenvalue weighted by atomic mass is 16.5. The molecule has 126 valence electrons. The minimum absolute atomic E-state index is 0.0677. The second-order valence-electron chi connectivity index (χ2n) is 5.72. The molecule has 0 radical (unpaired) electrons. The summed E-state index contributed by atoms with van der Waals surface area (Å²) in [5.41, 5.74) is 0.491. The summed E-state index contributed by atoms with van der Waals surface area (Å²) in [4.78, 5) is 24.5. The van der Waals surface area contributed by atoms with Crippen LogP contribution >= 0.6 is 0 Å². The Morgan fingerprint density at radius 1 is 1.30 bits per heavy atom. The zero-order valence-corrected chi connectivity index (χ0v) is 13.7. The van der Waals surface area contributed by atoms with E-state index >= 15 is 0 Å². The number of carbonyl (C=O) groups excluding carboxylic acids is 2. The molecule has 0 unspecified atom stereocenters. The molecule has 0 atom stereocenters. The molecule has 1 aliphatic heterocycles. The molecule has 2 N–H and O–H groups in total. The maximum atomic E-state index is 12.8. The fourth-order valence-corrected chi connectivity index (χ4v) is 2.82. The van der Waals surface area contributed by atoms with Gasteiger partial charge in [0.05, 0.1) is 24.2 Å². The number of nitrogens with one attached hydrogen (secondary N) is 2. The van der Waals surface area contributed by atoms with Gasteiger partial charge in [0.1, 0.15) is 0 Å². The molecular weight excluding hydrogens is 296 g/mol. The Kier molecular flexibility index (Phi) is 6.12. The van der Waals surface area contributed by atoms with Crippen LogP contribution in [0.25, 0.3) is 0 Å². The molecule has 2 rings (SSSR count). The van der Waals surface area contributed by atoms with Gasteiger partial charge in [0.25, 0.3) is 0 Å². The van der Waals surface area contributed by atoms with Crippen LogP contribution in [-0.4, -0.2) is 45.3 Å². The Bertz CT molecular complexity index is 548. The molecule has 6 heteroatoms. The molecule has 0 aromatic heterocycles. The number of piperidine rings is 1. The van der Waals surface area contributed by atoms with E-state index in [9.17, 15) is 9.59 Å². The zero-order chi connectivity index (χ0) is 16.7. The molecule has 23 heavy (non-hydrogen) atoms. The summed E-state index contributed by atoms with van der Waals surface area (Å²) in [6.45, 7) is 4.05. The van der Waals surface area contributed by atoms with Crippen LogP contribution in [0.15, 0.2) is 24.3 Å². The van der Waals surface area contributed by atoms with Gasteiger partial charge < -0.3 is 20.1 Å². The summed E-state index contributed by atoms with van der Waals surface area (Å²) in [5, 5.41) is 6.18. The lowest BCUT2D eigenvalue weighted by molar-refractivity contribution is -0.130. The number of benzene rings is 1. The van der Waals surface area contributed by atoms with Gasteiger partial charge in [0.2, 0.25) is 5.91 Å². The molecule has 0 bridgehead atoms. The first-order chi connectivity index (χ1) is 11.1. The highest BCUT2D eigenvalue weighted by molar-refractivity contribution is 5.97. The van der Waals surface area contributed by atoms with E-state index < -0.39 is 11.4 Å². The Morgan fingerprint density at radius 2 is 2.04 bits per heavy atom. The van der Waals surface area contributed by atoms with Crippen molar-refractivity contribution in [1.82, 2.24) is 5.32 Å². The van der Waals surface area contributed by atoms with Gasteiger partial charge in [-0.05, 0) is 51.1 Å². The van der Waals surface area contributed by atoms with Crippen molar-refractivity contribution >= 4 is 17.6 Å². The van der Waals surface area contributed by atoms with Crippen LogP contribution in [0.1, 0.15) is 30.1 Å². The molecule has 1 heterocycles. The Hall–Kier alpha value is -1.92. The van der Waals surface area contributed by atoms with E-state index in [2.05, 4.69) is 10.6 Å². The molecule has 0 spiro atoms. The summed E-state index contributed by atoms with van der Waals surface area (Å²) in [7, 11) is 1.61. The van der Waals surface area contributed by atoms with Crippen molar-refractivity contribution in [3.8, 4) is 0 Å². The van der Waals surface area contributed by atoms with Crippen molar-refractivity contribution < 1.29 is 19.1 Å². The fourth-order valence-electron chi connectivity index (χ4n) is 2.82. The van der Waals surface area contributed by atoms with Crippen LogP contribution in [0.5, 0.6) is 0 Å². The summed E-state index contributed by atoms with van der Waals surface area (Å²) < 4.78 is 10.3. The third-order valence-electron chi connectivity index (χ3n) is 4.09. The average Bonchev–Trinajstić information content (AvgIpc) is 2.56. The smallest absolute Gasteiger partial charge is 0.338 e. The molecule has 1 amide bonds. The van der Waals surface area contributed by atoms with Crippen LogP contribution in [0, 0.1) is 5.41 Å². The first-order valence-electron chi connectivity index (χ1n) is 7.89. The van der Waals surface area contributed by atoms with Crippen molar-refractivity contribution in [3.63, 3.8) is 0 Å². The third-order valence-corrected chi connectivity index (χ3v) is 4.09. The zero-order valence-electron chi connectivity index (χ0n) is 13.7. The van der Waals surface area contributed by atoms with E-state index in [0.29, 0.717) is 24.5 Å². The topological polar surface area (TPSA) is 76.7 Å². The van der Waals surface area contributed by atoms with Gasteiger partial charge in [-0.3, -0.25) is 4.79 Å². The van der Waals surface area contributed by atoms with E-state index in [4.69, 9.17) is 9.47 Å². The number of anilines is 1. The number of esters is 1. The van der Waals surface area contributed by atoms with Gasteiger partial charge >= 0.3 is 5.97 Å². The number of hydrogen-bond acceptors (Lipinski definition) is 5. The summed E-state index contributed by atoms with van der Waals surface area (Å²) >= 11 is 0. The number of rotatable bonds is 6. The number of methoxy groups -OCH3 is 1. The van der Waals surface area contributed by atoms with Gasteiger partial charge in [0, 0.05) is 12.8 Å². The van der Waals surface area contributed by atoms with E-state index in [1.807, 2.05) is 0 Å². The third kappa shape index (κ3) is 4.30. The molecule has 0 aliphatic carbocycles. The minimum Gasteiger partial charge on any atom is -0.462 e. The van der Waals surface area contributed by atoms with Gasteiger partial charge in [0.15, 0.2) is 0 Å². The van der Waals surface area contributed by atoms with Crippen molar-refractivity contribution in [2.45, 2.75) is 19.8 Å². The van der Waals surface area contributed by atoms with Crippen LogP contribution in [-0.2, 0) is 14.3 Å². The number of ether oxygens (including phenoxy) is 2. The predicted octanol–water partition coefficient (Wildman–Crippen LogP) is 1.82. The molecule has 0 saturated carbocycles. The summed E-state index contributed by atoms with van der Waals surface area (Å²) in [6.07, 6.45) is 1.45. The van der Waals surface area contributed by atoms with Crippen molar-refractivity contribution in [1.29, 1.82) is 0 Å². The SMILES string of the molecule is CCOC(=O)c1cccc(NC(=O)C2(COC)CCNCC2)c1. The average molecular weight is 320 g/mol. The van der Waals surface area contributed by atoms with Crippen molar-refractivity contribution in [3.05, 3.63) is 29.8 Å². The number of amides is 1. The summed E-state index contributed by atoms with van der Waals surface area (Å²) in [5.74, 6) is -0.459. The molecule has 6 nitrogen and oxygen atoms in total. The predicted molar refractivity (Wildman–Crippen MR) is 87.4 cm³/mol. The molecule has 1 saturated heterocycles. The first kappa shape index (κ1) is 17.4. The maximum Gasteiger partial charge on any atom is 0.338 e. The highest BCUT2D eigenvalue weighted by Gasteiger charge is 2.39. The van der Waals surface area contributed by atoms with Crippen molar-refractivity contribution in [2.24, 2.45) is 5.41 Å². The lowest BCUT2D eigenvalue weighted by Crippen LogP contribution is -2.47. The molecule has 1 aromatic carbocycles. The highest BCUT2D eigenvalue weighted by Crippen LogP contribution is 2.31. The second-order valence-corrected chi connectivity index (χ2v) is 5.72. The van der Waals surface area contributed by atoms with Crippen LogP contribution in [0.2, 0.25) is 0 Å². The summed E-state index contributed by atoms with van der Waals surface area (Å²) in [6, 6.07) is 6.80. The lowest BCUT2D eigenvalue weighted by atomic mass is 9.78. The van der Waals surface area contributed by atoms with E-state index in [0.717, 1.165) is 25.9 Å². The molecule has 1 aliphatic rings. The van der Waals surface area contributed by atoms with Gasteiger partial charge in [-0.1, -0.05) is 6.07 Å². The van der Waals surface area contributed by atoms with E-state index in [1.165, 1.54) is 0 Å². The Labute approximate surface area is 136 Å². The normalized spacial score (nSPS) is 16.6. The van der Waals surface area contributed by atoms with E-state index in [-0.39, 0.29) is 5.91 Å². The fraction of sp³-hybridized carbons (Fsp3) is 0.529. The quantitative estimate of drug-likeness (QED) is 0.782. The second kappa shape index (κ2) is 8.08. The molecule has 1 aromatic rings. The van der Waals surface area contributed by atoms with Gasteiger partial charge in [-0.25, -0.2) is 4.79 Å². The van der Waals surface area contributed by atoms with Crippen LogP contribution < -0.4 is 10.6 Å². The minimum atomic E-state index is -0.528. The first-order valence-corrected chi connectivity index (χ1v) is 7.89. The maximum absolute atomic E-state index is 12.8. The molecular formula is C17H24N2O4. The Morgan fingerprint density at radius 3 is 2.70 bits per heavy atom. The monoisotopic (exact) mass is 320 g/mol.